The molecule has 1 atom stereocenters. The average molecular weight is 372 g/mol. The van der Waals surface area contributed by atoms with Gasteiger partial charge in [-0.15, -0.1) is 0 Å². The molecule has 0 radical (unpaired) electrons. The van der Waals surface area contributed by atoms with Gasteiger partial charge in [-0.1, -0.05) is 43.2 Å². The van der Waals surface area contributed by atoms with Gasteiger partial charge < -0.3 is 21.1 Å². The predicted molar refractivity (Wildman–Crippen MR) is 113 cm³/mol. The maximum Gasteiger partial charge on any atom is 0.451 e. The van der Waals surface area contributed by atoms with Crippen molar-refractivity contribution in [3.05, 3.63) is 35.9 Å². The molecule has 4 nitrogen and oxygen atoms in total. The molecule has 5 N–H and O–H groups in total. The molecule has 2 aliphatic rings. The van der Waals surface area contributed by atoms with Crippen molar-refractivity contribution in [1.29, 1.82) is 0 Å². The van der Waals surface area contributed by atoms with Crippen LogP contribution in [0.25, 0.3) is 0 Å². The van der Waals surface area contributed by atoms with Gasteiger partial charge in [0.15, 0.2) is 0 Å². The maximum atomic E-state index is 8.94. The third-order valence-corrected chi connectivity index (χ3v) is 6.97. The van der Waals surface area contributed by atoms with Gasteiger partial charge in [-0.3, -0.25) is 0 Å². The van der Waals surface area contributed by atoms with Gasteiger partial charge in [0.1, 0.15) is 0 Å². The molecule has 1 aromatic carbocycles. The normalized spacial score (nSPS) is 30.4. The minimum Gasteiger partial charge on any atom is -0.427 e. The summed E-state index contributed by atoms with van der Waals surface area (Å²) in [5.41, 5.74) is 7.95. The van der Waals surface area contributed by atoms with E-state index in [0.717, 1.165) is 25.2 Å². The third kappa shape index (κ3) is 6.05. The first-order chi connectivity index (χ1) is 12.9. The van der Waals surface area contributed by atoms with Gasteiger partial charge in [0.25, 0.3) is 0 Å². The second-order valence-electron chi connectivity index (χ2n) is 9.22. The highest BCUT2D eigenvalue weighted by atomic mass is 16.4. The Morgan fingerprint density at radius 1 is 1.04 bits per heavy atom. The standard InChI is InChI=1S/C22H37BN2O2/c1-22(24,13-5-6-14-23(26)27)19-15-21(16-19)25-20-11-9-18(10-12-20)17-7-3-2-4-8-17/h2-4,7-8,18-21,25-27H,5-6,9-16,24H2,1H3. The van der Waals surface area contributed by atoms with Crippen LogP contribution < -0.4 is 11.1 Å². The number of nitrogens with one attached hydrogen (secondary N) is 1. The molecule has 5 heteroatoms. The van der Waals surface area contributed by atoms with Gasteiger partial charge in [0.2, 0.25) is 0 Å². The second kappa shape index (κ2) is 9.55. The third-order valence-electron chi connectivity index (χ3n) is 6.97. The van der Waals surface area contributed by atoms with Gasteiger partial charge in [0, 0.05) is 17.6 Å². The zero-order valence-electron chi connectivity index (χ0n) is 16.8. The lowest BCUT2D eigenvalue weighted by molar-refractivity contribution is 0.110. The fraction of sp³-hybridized carbons (Fsp3) is 0.727. The lowest BCUT2D eigenvalue weighted by atomic mass is 9.66. The summed E-state index contributed by atoms with van der Waals surface area (Å²) >= 11 is 0. The van der Waals surface area contributed by atoms with Crippen molar-refractivity contribution in [2.75, 3.05) is 0 Å². The molecule has 0 bridgehead atoms. The van der Waals surface area contributed by atoms with E-state index in [2.05, 4.69) is 42.6 Å². The van der Waals surface area contributed by atoms with Gasteiger partial charge in [-0.25, -0.2) is 0 Å². The molecule has 0 spiro atoms. The average Bonchev–Trinajstić information content (AvgIpc) is 2.62. The van der Waals surface area contributed by atoms with Gasteiger partial charge in [0.05, 0.1) is 0 Å². The van der Waals surface area contributed by atoms with E-state index >= 15 is 0 Å². The molecule has 2 aliphatic carbocycles. The van der Waals surface area contributed by atoms with Gasteiger partial charge in [-0.2, -0.15) is 0 Å². The monoisotopic (exact) mass is 372 g/mol. The van der Waals surface area contributed by atoms with Crippen molar-refractivity contribution in [2.24, 2.45) is 11.7 Å². The van der Waals surface area contributed by atoms with E-state index in [-0.39, 0.29) is 5.54 Å². The molecule has 0 aliphatic heterocycles. The Bertz CT molecular complexity index is 553. The summed E-state index contributed by atoms with van der Waals surface area (Å²) in [6, 6.07) is 12.3. The molecule has 1 aromatic rings. The topological polar surface area (TPSA) is 78.5 Å². The zero-order valence-corrected chi connectivity index (χ0v) is 16.8. The molecule has 27 heavy (non-hydrogen) atoms. The Hall–Kier alpha value is -0.875. The molecule has 3 rings (SSSR count). The zero-order chi connectivity index (χ0) is 19.3. The Morgan fingerprint density at radius 2 is 1.70 bits per heavy atom. The van der Waals surface area contributed by atoms with Crippen LogP contribution >= 0.6 is 0 Å². The van der Waals surface area contributed by atoms with Crippen molar-refractivity contribution in [2.45, 2.75) is 94.6 Å². The summed E-state index contributed by atoms with van der Waals surface area (Å²) in [5, 5.41) is 21.8. The van der Waals surface area contributed by atoms with Crippen molar-refractivity contribution in [3.8, 4) is 0 Å². The Labute approximate surface area is 165 Å². The van der Waals surface area contributed by atoms with E-state index in [4.69, 9.17) is 15.8 Å². The molecule has 1 unspecified atom stereocenters. The van der Waals surface area contributed by atoms with Crippen LogP contribution in [0, 0.1) is 5.92 Å². The summed E-state index contributed by atoms with van der Waals surface area (Å²) in [5.74, 6) is 1.33. The second-order valence-corrected chi connectivity index (χ2v) is 9.22. The highest BCUT2D eigenvalue weighted by Gasteiger charge is 2.40. The number of hydrogen-bond acceptors (Lipinski definition) is 4. The lowest BCUT2D eigenvalue weighted by Crippen LogP contribution is -2.56. The quantitative estimate of drug-likeness (QED) is 0.396. The van der Waals surface area contributed by atoms with Crippen LogP contribution in [-0.4, -0.2) is 34.8 Å². The molecule has 150 valence electrons. The molecule has 0 heterocycles. The summed E-state index contributed by atoms with van der Waals surface area (Å²) in [6.07, 6.45) is 10.8. The molecule has 2 fully saturated rings. The summed E-state index contributed by atoms with van der Waals surface area (Å²) in [6.45, 7) is 2.17. The van der Waals surface area contributed by atoms with E-state index in [0.29, 0.717) is 24.3 Å². The smallest absolute Gasteiger partial charge is 0.427 e. The minimum absolute atomic E-state index is 0.121. The lowest BCUT2D eigenvalue weighted by Gasteiger charge is -2.47. The van der Waals surface area contributed by atoms with Gasteiger partial charge in [-0.05, 0) is 75.6 Å². The highest BCUT2D eigenvalue weighted by molar-refractivity contribution is 6.40. The van der Waals surface area contributed by atoms with Crippen molar-refractivity contribution in [1.82, 2.24) is 5.32 Å². The maximum absolute atomic E-state index is 8.94. The Balaban J connectivity index is 1.32. The molecule has 0 saturated heterocycles. The fourth-order valence-corrected chi connectivity index (χ4v) is 4.98. The number of nitrogens with two attached hydrogens (primary N) is 1. The highest BCUT2D eigenvalue weighted by Crippen LogP contribution is 2.39. The van der Waals surface area contributed by atoms with E-state index in [1.807, 2.05) is 0 Å². The predicted octanol–water partition coefficient (Wildman–Crippen LogP) is 3.44. The van der Waals surface area contributed by atoms with E-state index in [1.165, 1.54) is 44.1 Å². The fourth-order valence-electron chi connectivity index (χ4n) is 4.98. The number of rotatable bonds is 9. The summed E-state index contributed by atoms with van der Waals surface area (Å²) in [4.78, 5) is 0. The van der Waals surface area contributed by atoms with Crippen LogP contribution in [0.3, 0.4) is 0 Å². The Kier molecular flexibility index (Phi) is 7.38. The first-order valence-electron chi connectivity index (χ1n) is 10.9. The molecular formula is C22H37BN2O2. The first-order valence-corrected chi connectivity index (χ1v) is 10.9. The van der Waals surface area contributed by atoms with Crippen LogP contribution in [0.15, 0.2) is 30.3 Å². The van der Waals surface area contributed by atoms with Crippen molar-refractivity contribution >= 4 is 7.12 Å². The first kappa shape index (κ1) is 20.8. The van der Waals surface area contributed by atoms with E-state index < -0.39 is 7.12 Å². The van der Waals surface area contributed by atoms with Crippen molar-refractivity contribution < 1.29 is 10.0 Å². The number of hydrogen-bond donors (Lipinski definition) is 4. The van der Waals surface area contributed by atoms with E-state index in [9.17, 15) is 0 Å². The van der Waals surface area contributed by atoms with E-state index in [1.54, 1.807) is 0 Å². The Morgan fingerprint density at radius 3 is 2.33 bits per heavy atom. The molecule has 2 saturated carbocycles. The van der Waals surface area contributed by atoms with Crippen LogP contribution in [-0.2, 0) is 0 Å². The number of benzene rings is 1. The summed E-state index contributed by atoms with van der Waals surface area (Å²) in [7, 11) is -1.18. The van der Waals surface area contributed by atoms with Crippen molar-refractivity contribution in [3.63, 3.8) is 0 Å². The minimum atomic E-state index is -1.18. The molecule has 0 amide bonds. The SMILES string of the molecule is CC(N)(CCCCB(O)O)C1CC(NC2CCC(c3ccccc3)CC2)C1. The van der Waals surface area contributed by atoms with Crippen LogP contribution in [0.2, 0.25) is 6.32 Å². The van der Waals surface area contributed by atoms with Crippen LogP contribution in [0.5, 0.6) is 0 Å². The van der Waals surface area contributed by atoms with Gasteiger partial charge >= 0.3 is 7.12 Å². The summed E-state index contributed by atoms with van der Waals surface area (Å²) < 4.78 is 0. The molecule has 0 aromatic heterocycles. The largest absolute Gasteiger partial charge is 0.451 e. The number of unbranched alkanes of at least 4 members (excludes halogenated alkanes) is 1. The van der Waals surface area contributed by atoms with Crippen LogP contribution in [0.1, 0.15) is 76.2 Å². The molecular weight excluding hydrogens is 335 g/mol. The van der Waals surface area contributed by atoms with Crippen LogP contribution in [0.4, 0.5) is 0 Å².